The smallest absolute Gasteiger partial charge is 0.273 e. The van der Waals surface area contributed by atoms with Gasteiger partial charge in [0.25, 0.3) is 5.91 Å². The average molecular weight is 363 g/mol. The Morgan fingerprint density at radius 3 is 2.67 bits per heavy atom. The molecule has 3 aromatic rings. The minimum atomic E-state index is -0.283. The second kappa shape index (κ2) is 7.72. The van der Waals surface area contributed by atoms with Crippen LogP contribution in [0.4, 0.5) is 0 Å². The number of carbonyl (C=O) groups is 1. The van der Waals surface area contributed by atoms with Crippen molar-refractivity contribution < 1.29 is 14.4 Å². The summed E-state index contributed by atoms with van der Waals surface area (Å²) in [6.45, 7) is 0. The fourth-order valence-electron chi connectivity index (χ4n) is 3.40. The number of rotatable bonds is 6. The summed E-state index contributed by atoms with van der Waals surface area (Å²) in [5.41, 5.74) is 2.03. The fourth-order valence-corrected chi connectivity index (χ4v) is 3.40. The minimum absolute atomic E-state index is 0.104. The molecule has 1 unspecified atom stereocenters. The van der Waals surface area contributed by atoms with E-state index in [1.54, 1.807) is 12.3 Å². The Hall–Kier alpha value is -2.99. The van der Waals surface area contributed by atoms with Crippen molar-refractivity contribution in [2.45, 2.75) is 31.4 Å². The molecule has 1 fully saturated rings. The van der Waals surface area contributed by atoms with Crippen molar-refractivity contribution in [2.24, 2.45) is 5.92 Å². The molecule has 1 aliphatic rings. The maximum absolute atomic E-state index is 12.7. The molecule has 0 spiro atoms. The number of aliphatic hydroxyl groups excluding tert-OH is 1. The van der Waals surface area contributed by atoms with E-state index in [2.05, 4.69) is 15.5 Å². The Morgan fingerprint density at radius 2 is 1.96 bits per heavy atom. The highest BCUT2D eigenvalue weighted by Gasteiger charge is 2.35. The second-order valence-corrected chi connectivity index (χ2v) is 6.93. The molecule has 0 bridgehead atoms. The summed E-state index contributed by atoms with van der Waals surface area (Å²) in [5.74, 6) is 0.510. The molecule has 0 saturated heterocycles. The van der Waals surface area contributed by atoms with E-state index in [-0.39, 0.29) is 29.7 Å². The van der Waals surface area contributed by atoms with Gasteiger partial charge in [-0.1, -0.05) is 41.6 Å². The molecule has 6 heteroatoms. The zero-order chi connectivity index (χ0) is 18.6. The van der Waals surface area contributed by atoms with E-state index in [4.69, 9.17) is 4.52 Å². The molecule has 1 amide bonds. The summed E-state index contributed by atoms with van der Waals surface area (Å²) in [6.07, 6.45) is 3.45. The third-order valence-corrected chi connectivity index (χ3v) is 4.99. The molecule has 2 N–H and O–H groups in total. The lowest BCUT2D eigenvalue weighted by atomic mass is 9.76. The van der Waals surface area contributed by atoms with Gasteiger partial charge in [-0.2, -0.15) is 0 Å². The van der Waals surface area contributed by atoms with Gasteiger partial charge in [0.05, 0.1) is 6.10 Å². The standard InChI is InChI=1S/C21H21N3O3/c25-17-10-15(11-17)18(12-16-8-4-5-9-22-16)23-21(26)19-13-20(27-24-19)14-6-2-1-3-7-14/h1-9,13,15,17-18,25H,10-12H2,(H,23,26). The quantitative estimate of drug-likeness (QED) is 0.703. The number of nitrogens with one attached hydrogen (secondary N) is 1. The number of benzene rings is 1. The van der Waals surface area contributed by atoms with Gasteiger partial charge in [-0.3, -0.25) is 9.78 Å². The molecule has 0 radical (unpaired) electrons. The van der Waals surface area contributed by atoms with Gasteiger partial charge in [-0.05, 0) is 30.9 Å². The van der Waals surface area contributed by atoms with Crippen LogP contribution in [-0.4, -0.2) is 33.3 Å². The van der Waals surface area contributed by atoms with Crippen molar-refractivity contribution >= 4 is 5.91 Å². The Labute approximate surface area is 157 Å². The maximum atomic E-state index is 12.7. The van der Waals surface area contributed by atoms with E-state index in [0.29, 0.717) is 25.0 Å². The molecule has 1 atom stereocenters. The summed E-state index contributed by atoms with van der Waals surface area (Å²) >= 11 is 0. The molecule has 138 valence electrons. The third-order valence-electron chi connectivity index (χ3n) is 4.99. The predicted molar refractivity (Wildman–Crippen MR) is 99.9 cm³/mol. The van der Waals surface area contributed by atoms with Crippen LogP contribution in [0.25, 0.3) is 11.3 Å². The van der Waals surface area contributed by atoms with Gasteiger partial charge < -0.3 is 14.9 Å². The number of aromatic nitrogens is 2. The SMILES string of the molecule is O=C(NC(Cc1ccccn1)C1CC(O)C1)c1cc(-c2ccccc2)on1. The van der Waals surface area contributed by atoms with E-state index in [1.807, 2.05) is 48.5 Å². The molecular weight excluding hydrogens is 342 g/mol. The lowest BCUT2D eigenvalue weighted by Gasteiger charge is -2.37. The molecule has 1 saturated carbocycles. The van der Waals surface area contributed by atoms with Crippen molar-refractivity contribution in [1.82, 2.24) is 15.5 Å². The van der Waals surface area contributed by atoms with E-state index < -0.39 is 0 Å². The van der Waals surface area contributed by atoms with Gasteiger partial charge in [-0.15, -0.1) is 0 Å². The predicted octanol–water partition coefficient (Wildman–Crippen LogP) is 2.85. The monoisotopic (exact) mass is 363 g/mol. The molecule has 2 aromatic heterocycles. The number of aliphatic hydroxyl groups is 1. The Balaban J connectivity index is 1.47. The summed E-state index contributed by atoms with van der Waals surface area (Å²) < 4.78 is 5.33. The maximum Gasteiger partial charge on any atom is 0.273 e. The highest BCUT2D eigenvalue weighted by atomic mass is 16.5. The largest absolute Gasteiger partial charge is 0.393 e. The van der Waals surface area contributed by atoms with Crippen LogP contribution in [0.3, 0.4) is 0 Å². The van der Waals surface area contributed by atoms with E-state index in [1.165, 1.54) is 0 Å². The highest BCUT2D eigenvalue weighted by Crippen LogP contribution is 2.31. The van der Waals surface area contributed by atoms with Crippen LogP contribution in [0.15, 0.2) is 65.3 Å². The zero-order valence-corrected chi connectivity index (χ0v) is 14.8. The van der Waals surface area contributed by atoms with Crippen molar-refractivity contribution in [3.05, 3.63) is 72.2 Å². The Bertz CT molecular complexity index is 889. The van der Waals surface area contributed by atoms with Gasteiger partial charge in [0, 0.05) is 36.0 Å². The molecule has 2 heterocycles. The number of hydrogen-bond donors (Lipinski definition) is 2. The number of pyridine rings is 1. The Kier molecular flexibility index (Phi) is 4.98. The molecule has 1 aromatic carbocycles. The van der Waals surface area contributed by atoms with Gasteiger partial charge >= 0.3 is 0 Å². The van der Waals surface area contributed by atoms with Crippen LogP contribution in [-0.2, 0) is 6.42 Å². The van der Waals surface area contributed by atoms with Crippen molar-refractivity contribution in [3.63, 3.8) is 0 Å². The molecule has 4 rings (SSSR count). The molecule has 27 heavy (non-hydrogen) atoms. The van der Waals surface area contributed by atoms with Crippen LogP contribution in [0.1, 0.15) is 29.0 Å². The van der Waals surface area contributed by atoms with Crippen molar-refractivity contribution in [1.29, 1.82) is 0 Å². The summed E-state index contributed by atoms with van der Waals surface area (Å²) in [6, 6.07) is 16.8. The lowest BCUT2D eigenvalue weighted by Crippen LogP contribution is -2.48. The van der Waals surface area contributed by atoms with Crippen LogP contribution >= 0.6 is 0 Å². The van der Waals surface area contributed by atoms with Gasteiger partial charge in [-0.25, -0.2) is 0 Å². The first-order valence-corrected chi connectivity index (χ1v) is 9.10. The number of carbonyl (C=O) groups excluding carboxylic acids is 1. The topological polar surface area (TPSA) is 88.2 Å². The summed E-state index contributed by atoms with van der Waals surface area (Å²) in [5, 5.41) is 16.6. The fraction of sp³-hybridized carbons (Fsp3) is 0.286. The van der Waals surface area contributed by atoms with Crippen molar-refractivity contribution in [2.75, 3.05) is 0 Å². The van der Waals surface area contributed by atoms with Crippen LogP contribution < -0.4 is 5.32 Å². The first kappa shape index (κ1) is 17.4. The molecule has 0 aliphatic heterocycles. The molecular formula is C21H21N3O3. The normalized spacial score (nSPS) is 19.9. The minimum Gasteiger partial charge on any atom is -0.393 e. The first-order chi connectivity index (χ1) is 13.2. The third kappa shape index (κ3) is 4.06. The lowest BCUT2D eigenvalue weighted by molar-refractivity contribution is 0.0237. The van der Waals surface area contributed by atoms with Crippen LogP contribution in [0, 0.1) is 5.92 Å². The van der Waals surface area contributed by atoms with Gasteiger partial charge in [0.2, 0.25) is 0 Å². The number of amides is 1. The first-order valence-electron chi connectivity index (χ1n) is 9.10. The van der Waals surface area contributed by atoms with Crippen molar-refractivity contribution in [3.8, 4) is 11.3 Å². The number of hydrogen-bond acceptors (Lipinski definition) is 5. The zero-order valence-electron chi connectivity index (χ0n) is 14.8. The Morgan fingerprint density at radius 1 is 1.19 bits per heavy atom. The van der Waals surface area contributed by atoms with Gasteiger partial charge in [0.15, 0.2) is 11.5 Å². The number of nitrogens with zero attached hydrogens (tertiary/aromatic N) is 2. The van der Waals surface area contributed by atoms with Gasteiger partial charge in [0.1, 0.15) is 0 Å². The second-order valence-electron chi connectivity index (χ2n) is 6.93. The van der Waals surface area contributed by atoms with Crippen LogP contribution in [0.5, 0.6) is 0 Å². The van der Waals surface area contributed by atoms with E-state index >= 15 is 0 Å². The van der Waals surface area contributed by atoms with Crippen LogP contribution in [0.2, 0.25) is 0 Å². The van der Waals surface area contributed by atoms with E-state index in [9.17, 15) is 9.90 Å². The van der Waals surface area contributed by atoms with E-state index in [0.717, 1.165) is 11.3 Å². The molecule has 1 aliphatic carbocycles. The summed E-state index contributed by atoms with van der Waals surface area (Å²) in [7, 11) is 0. The highest BCUT2D eigenvalue weighted by molar-refractivity contribution is 5.93. The average Bonchev–Trinajstić information content (AvgIpc) is 3.17. The molecule has 6 nitrogen and oxygen atoms in total. The summed E-state index contributed by atoms with van der Waals surface area (Å²) in [4.78, 5) is 17.1.